The van der Waals surface area contributed by atoms with Gasteiger partial charge in [0.05, 0.1) is 12.7 Å². The number of hydrogen-bond donors (Lipinski definition) is 1. The minimum atomic E-state index is -0.778. The van der Waals surface area contributed by atoms with E-state index in [0.717, 1.165) is 6.08 Å². The lowest BCUT2D eigenvalue weighted by molar-refractivity contribution is -0.138. The normalized spacial score (nSPS) is 7.89. The average Bonchev–Trinajstić information content (AvgIpc) is 2.35. The second-order valence-electron chi connectivity index (χ2n) is 3.08. The summed E-state index contributed by atoms with van der Waals surface area (Å²) in [6.07, 6.45) is 8.33. The molecule has 0 saturated carbocycles. The van der Waals surface area contributed by atoms with E-state index in [0.29, 0.717) is 32.3 Å². The van der Waals surface area contributed by atoms with Crippen molar-refractivity contribution in [2.75, 3.05) is 6.61 Å². The Balaban J connectivity index is 0. The standard InChI is InChI=1S/C7H9NO2.C6H8O2/c1-2-7(9)10-6-4-3-5-8;1-2-3-4-5-6(7)8/h2H,1,3-4,6H2;1H,3-5H2,(H,7,8). The molecule has 0 amide bonds. The highest BCUT2D eigenvalue weighted by Gasteiger charge is 1.93. The lowest BCUT2D eigenvalue weighted by Gasteiger charge is -1.96. The third kappa shape index (κ3) is 19.3. The summed E-state index contributed by atoms with van der Waals surface area (Å²) >= 11 is 0. The molecule has 18 heavy (non-hydrogen) atoms. The molecular formula is C13H17NO4. The predicted molar refractivity (Wildman–Crippen MR) is 66.3 cm³/mol. The van der Waals surface area contributed by atoms with Crippen LogP contribution >= 0.6 is 0 Å². The molecule has 0 aromatic heterocycles. The molecule has 5 heteroatoms. The molecule has 0 atom stereocenters. The second-order valence-corrected chi connectivity index (χ2v) is 3.08. The largest absolute Gasteiger partial charge is 0.481 e. The van der Waals surface area contributed by atoms with Gasteiger partial charge in [-0.05, 0) is 12.8 Å². The van der Waals surface area contributed by atoms with Crippen LogP contribution in [0.3, 0.4) is 0 Å². The molecule has 0 saturated heterocycles. The van der Waals surface area contributed by atoms with E-state index in [1.54, 1.807) is 0 Å². The van der Waals surface area contributed by atoms with Gasteiger partial charge in [0.1, 0.15) is 0 Å². The quantitative estimate of drug-likeness (QED) is 0.323. The minimum Gasteiger partial charge on any atom is -0.481 e. The molecular weight excluding hydrogens is 234 g/mol. The number of terminal acetylenes is 1. The highest BCUT2D eigenvalue weighted by atomic mass is 16.5. The number of carboxylic acids is 1. The Labute approximate surface area is 107 Å². The first-order valence-corrected chi connectivity index (χ1v) is 5.39. The lowest BCUT2D eigenvalue weighted by Crippen LogP contribution is -2.00. The van der Waals surface area contributed by atoms with Crippen molar-refractivity contribution in [1.29, 1.82) is 5.26 Å². The Morgan fingerprint density at radius 3 is 2.50 bits per heavy atom. The van der Waals surface area contributed by atoms with Crippen molar-refractivity contribution in [1.82, 2.24) is 0 Å². The van der Waals surface area contributed by atoms with Gasteiger partial charge in [0.2, 0.25) is 0 Å². The number of nitriles is 1. The fourth-order valence-electron chi connectivity index (χ4n) is 0.725. The Hall–Kier alpha value is -2.27. The number of nitrogens with zero attached hydrogens (tertiary/aromatic N) is 1. The topological polar surface area (TPSA) is 87.4 Å². The highest BCUT2D eigenvalue weighted by molar-refractivity contribution is 5.81. The first-order valence-electron chi connectivity index (χ1n) is 5.39. The second kappa shape index (κ2) is 14.7. The maximum Gasteiger partial charge on any atom is 0.330 e. The van der Waals surface area contributed by atoms with Gasteiger partial charge in [0.15, 0.2) is 0 Å². The molecule has 98 valence electrons. The van der Waals surface area contributed by atoms with Crippen LogP contribution in [0.25, 0.3) is 0 Å². The van der Waals surface area contributed by atoms with Gasteiger partial charge < -0.3 is 9.84 Å². The van der Waals surface area contributed by atoms with Crippen molar-refractivity contribution in [3.63, 3.8) is 0 Å². The summed E-state index contributed by atoms with van der Waals surface area (Å²) in [5.74, 6) is 1.15. The summed E-state index contributed by atoms with van der Waals surface area (Å²) < 4.78 is 4.59. The summed E-state index contributed by atoms with van der Waals surface area (Å²) in [5, 5.41) is 16.1. The summed E-state index contributed by atoms with van der Waals surface area (Å²) in [6.45, 7) is 3.52. The van der Waals surface area contributed by atoms with Crippen LogP contribution in [0, 0.1) is 23.7 Å². The van der Waals surface area contributed by atoms with Crippen molar-refractivity contribution >= 4 is 11.9 Å². The number of aliphatic carboxylic acids is 1. The average molecular weight is 251 g/mol. The molecule has 0 bridgehead atoms. The van der Waals surface area contributed by atoms with Crippen LogP contribution in [-0.4, -0.2) is 23.7 Å². The number of esters is 1. The molecule has 5 nitrogen and oxygen atoms in total. The number of carboxylic acid groups (broad SMARTS) is 1. The Morgan fingerprint density at radius 1 is 1.39 bits per heavy atom. The van der Waals surface area contributed by atoms with Gasteiger partial charge in [-0.2, -0.15) is 5.26 Å². The molecule has 0 aliphatic rings. The van der Waals surface area contributed by atoms with Crippen LogP contribution in [-0.2, 0) is 14.3 Å². The van der Waals surface area contributed by atoms with Crippen molar-refractivity contribution in [3.05, 3.63) is 12.7 Å². The number of ether oxygens (including phenoxy) is 1. The molecule has 0 aromatic carbocycles. The monoisotopic (exact) mass is 251 g/mol. The number of unbranched alkanes of at least 4 members (excludes halogenated alkanes) is 2. The first-order chi connectivity index (χ1) is 8.58. The third-order valence-electron chi connectivity index (χ3n) is 1.56. The maximum absolute atomic E-state index is 10.4. The lowest BCUT2D eigenvalue weighted by atomic mass is 10.2. The van der Waals surface area contributed by atoms with Crippen LogP contribution in [0.15, 0.2) is 12.7 Å². The van der Waals surface area contributed by atoms with E-state index < -0.39 is 11.9 Å². The van der Waals surface area contributed by atoms with E-state index in [9.17, 15) is 9.59 Å². The highest BCUT2D eigenvalue weighted by Crippen LogP contribution is 1.91. The SMILES string of the molecule is C#CCCCC(=O)O.C=CC(=O)OCCCC#N. The smallest absolute Gasteiger partial charge is 0.330 e. The van der Waals surface area contributed by atoms with Crippen LogP contribution < -0.4 is 0 Å². The van der Waals surface area contributed by atoms with Gasteiger partial charge in [-0.3, -0.25) is 4.79 Å². The van der Waals surface area contributed by atoms with Crippen LogP contribution in [0.1, 0.15) is 32.1 Å². The van der Waals surface area contributed by atoms with Gasteiger partial charge in [-0.15, -0.1) is 12.3 Å². The van der Waals surface area contributed by atoms with Gasteiger partial charge in [-0.1, -0.05) is 6.58 Å². The van der Waals surface area contributed by atoms with Crippen molar-refractivity contribution < 1.29 is 19.4 Å². The molecule has 0 fully saturated rings. The van der Waals surface area contributed by atoms with Gasteiger partial charge in [0.25, 0.3) is 0 Å². The van der Waals surface area contributed by atoms with Gasteiger partial charge in [-0.25, -0.2) is 4.79 Å². The van der Waals surface area contributed by atoms with Crippen LogP contribution in [0.5, 0.6) is 0 Å². The summed E-state index contributed by atoms with van der Waals surface area (Å²) in [6, 6.07) is 1.94. The number of carbonyl (C=O) groups is 2. The maximum atomic E-state index is 10.4. The molecule has 0 heterocycles. The molecule has 0 aromatic rings. The number of hydrogen-bond acceptors (Lipinski definition) is 4. The van der Waals surface area contributed by atoms with E-state index in [4.69, 9.17) is 16.8 Å². The molecule has 0 radical (unpaired) electrons. The Bertz CT molecular complexity index is 336. The van der Waals surface area contributed by atoms with Crippen molar-refractivity contribution in [2.45, 2.75) is 32.1 Å². The summed E-state index contributed by atoms with van der Waals surface area (Å²) in [7, 11) is 0. The Kier molecular flexibility index (Phi) is 14.8. The summed E-state index contributed by atoms with van der Waals surface area (Å²) in [5.41, 5.74) is 0. The molecule has 1 N–H and O–H groups in total. The predicted octanol–water partition coefficient (Wildman–Crippen LogP) is 1.89. The molecule has 0 spiro atoms. The zero-order chi connectivity index (χ0) is 14.2. The number of carbonyl (C=O) groups excluding carboxylic acids is 1. The van der Waals surface area contributed by atoms with Crippen LogP contribution in [0.4, 0.5) is 0 Å². The van der Waals surface area contributed by atoms with E-state index in [2.05, 4.69) is 17.2 Å². The van der Waals surface area contributed by atoms with Crippen LogP contribution in [0.2, 0.25) is 0 Å². The Morgan fingerprint density at radius 2 is 2.06 bits per heavy atom. The molecule has 0 aliphatic carbocycles. The summed E-state index contributed by atoms with van der Waals surface area (Å²) in [4.78, 5) is 20.2. The van der Waals surface area contributed by atoms with Crippen molar-refractivity contribution in [2.24, 2.45) is 0 Å². The van der Waals surface area contributed by atoms with Gasteiger partial charge >= 0.3 is 11.9 Å². The fraction of sp³-hybridized carbons (Fsp3) is 0.462. The van der Waals surface area contributed by atoms with E-state index in [1.165, 1.54) is 0 Å². The third-order valence-corrected chi connectivity index (χ3v) is 1.56. The van der Waals surface area contributed by atoms with E-state index in [-0.39, 0.29) is 6.42 Å². The molecule has 0 unspecified atom stereocenters. The zero-order valence-corrected chi connectivity index (χ0v) is 10.2. The molecule has 0 rings (SSSR count). The first kappa shape index (κ1) is 18.1. The van der Waals surface area contributed by atoms with Crippen molar-refractivity contribution in [3.8, 4) is 18.4 Å². The van der Waals surface area contributed by atoms with E-state index >= 15 is 0 Å². The van der Waals surface area contributed by atoms with Gasteiger partial charge in [0, 0.05) is 25.3 Å². The molecule has 0 aliphatic heterocycles. The zero-order valence-electron chi connectivity index (χ0n) is 10.2. The minimum absolute atomic E-state index is 0.185. The fourth-order valence-corrected chi connectivity index (χ4v) is 0.725. The number of rotatable bonds is 7. The van der Waals surface area contributed by atoms with E-state index in [1.807, 2.05) is 6.07 Å².